The summed E-state index contributed by atoms with van der Waals surface area (Å²) in [6, 6.07) is 9.50. The number of benzene rings is 1. The Morgan fingerprint density at radius 2 is 2.07 bits per heavy atom. The first kappa shape index (κ1) is 19.3. The average Bonchev–Trinajstić information content (AvgIpc) is 3.13. The first-order valence-corrected chi connectivity index (χ1v) is 8.81. The maximum Gasteiger partial charge on any atom is 0.359 e. The Labute approximate surface area is 162 Å². The van der Waals surface area contributed by atoms with E-state index in [1.807, 2.05) is 30.3 Å². The molecule has 8 nitrogen and oxygen atoms in total. The number of hydrogen-bond donors (Lipinski definition) is 1. The molecule has 0 saturated carbocycles. The number of nitrogens with one attached hydrogen (secondary N) is 1. The molecule has 28 heavy (non-hydrogen) atoms. The van der Waals surface area contributed by atoms with Gasteiger partial charge in [-0.1, -0.05) is 36.4 Å². The summed E-state index contributed by atoms with van der Waals surface area (Å²) < 4.78 is 6.23. The van der Waals surface area contributed by atoms with Gasteiger partial charge in [0.15, 0.2) is 5.69 Å². The lowest BCUT2D eigenvalue weighted by atomic mass is 9.94. The van der Waals surface area contributed by atoms with E-state index in [9.17, 15) is 14.4 Å². The molecular weight excluding hydrogens is 360 g/mol. The Hall–Kier alpha value is -3.42. The summed E-state index contributed by atoms with van der Waals surface area (Å²) in [7, 11) is 1.23. The molecule has 1 aliphatic heterocycles. The van der Waals surface area contributed by atoms with Gasteiger partial charge < -0.3 is 19.5 Å². The summed E-state index contributed by atoms with van der Waals surface area (Å²) in [6.07, 6.45) is 2.93. The summed E-state index contributed by atoms with van der Waals surface area (Å²) in [6.45, 7) is 6.03. The van der Waals surface area contributed by atoms with Crippen LogP contribution in [0.5, 0.6) is 0 Å². The van der Waals surface area contributed by atoms with Crippen LogP contribution in [0.15, 0.2) is 49.3 Å². The molecule has 1 atom stereocenters. The zero-order valence-corrected chi connectivity index (χ0v) is 15.8. The fraction of sp³-hybridized carbons (Fsp3) is 0.300. The van der Waals surface area contributed by atoms with Crippen LogP contribution in [0.2, 0.25) is 0 Å². The molecule has 1 N–H and O–H groups in total. The SMILES string of the molecule is C=CCN1C(=O)c2c(C(=O)OC)ncn2C[C@@]1(C)C(=O)NCc1ccccc1. The van der Waals surface area contributed by atoms with Gasteiger partial charge in [-0.05, 0) is 12.5 Å². The second-order valence-electron chi connectivity index (χ2n) is 6.71. The molecule has 0 radical (unpaired) electrons. The van der Waals surface area contributed by atoms with Gasteiger partial charge in [0.2, 0.25) is 5.91 Å². The number of amides is 2. The van der Waals surface area contributed by atoms with E-state index in [0.717, 1.165) is 5.56 Å². The van der Waals surface area contributed by atoms with Crippen LogP contribution < -0.4 is 5.32 Å². The van der Waals surface area contributed by atoms with Gasteiger partial charge in [0.25, 0.3) is 5.91 Å². The minimum atomic E-state index is -1.17. The number of ether oxygens (including phenoxy) is 1. The monoisotopic (exact) mass is 382 g/mol. The topological polar surface area (TPSA) is 93.5 Å². The summed E-state index contributed by atoms with van der Waals surface area (Å²) in [4.78, 5) is 43.6. The Morgan fingerprint density at radius 3 is 2.71 bits per heavy atom. The molecule has 0 fully saturated rings. The van der Waals surface area contributed by atoms with Crippen molar-refractivity contribution in [2.75, 3.05) is 13.7 Å². The maximum atomic E-state index is 13.1. The van der Waals surface area contributed by atoms with Crippen molar-refractivity contribution in [1.29, 1.82) is 0 Å². The minimum absolute atomic E-state index is 0.0618. The number of carbonyl (C=O) groups excluding carboxylic acids is 3. The predicted octanol–water partition coefficient (Wildman–Crippen LogP) is 1.39. The number of methoxy groups -OCH3 is 1. The fourth-order valence-electron chi connectivity index (χ4n) is 3.32. The normalized spacial score (nSPS) is 18.4. The van der Waals surface area contributed by atoms with E-state index in [1.165, 1.54) is 22.9 Å². The van der Waals surface area contributed by atoms with Crippen LogP contribution in [0, 0.1) is 0 Å². The largest absolute Gasteiger partial charge is 0.464 e. The number of aromatic nitrogens is 2. The fourth-order valence-corrected chi connectivity index (χ4v) is 3.32. The van der Waals surface area contributed by atoms with Crippen molar-refractivity contribution < 1.29 is 19.1 Å². The number of carbonyl (C=O) groups is 3. The third-order valence-corrected chi connectivity index (χ3v) is 4.83. The van der Waals surface area contributed by atoms with Crippen LogP contribution in [-0.2, 0) is 22.6 Å². The molecular formula is C20H22N4O4. The van der Waals surface area contributed by atoms with Gasteiger partial charge in [0.1, 0.15) is 11.2 Å². The van der Waals surface area contributed by atoms with Crippen molar-refractivity contribution in [1.82, 2.24) is 19.8 Å². The highest BCUT2D eigenvalue weighted by atomic mass is 16.5. The van der Waals surface area contributed by atoms with Crippen molar-refractivity contribution in [2.45, 2.75) is 25.6 Å². The zero-order valence-electron chi connectivity index (χ0n) is 15.8. The summed E-state index contributed by atoms with van der Waals surface area (Å²) in [5, 5.41) is 2.90. The van der Waals surface area contributed by atoms with Crippen molar-refractivity contribution in [3.05, 3.63) is 66.3 Å². The van der Waals surface area contributed by atoms with Crippen LogP contribution in [0.4, 0.5) is 0 Å². The van der Waals surface area contributed by atoms with E-state index in [4.69, 9.17) is 4.74 Å². The summed E-state index contributed by atoms with van der Waals surface area (Å²) in [5.41, 5.74) is -0.162. The highest BCUT2D eigenvalue weighted by molar-refractivity contribution is 6.06. The van der Waals surface area contributed by atoms with Crippen LogP contribution in [0.1, 0.15) is 33.5 Å². The van der Waals surface area contributed by atoms with Gasteiger partial charge in [0, 0.05) is 13.1 Å². The van der Waals surface area contributed by atoms with Gasteiger partial charge in [-0.3, -0.25) is 9.59 Å². The Balaban J connectivity index is 1.91. The summed E-state index contributed by atoms with van der Waals surface area (Å²) >= 11 is 0. The summed E-state index contributed by atoms with van der Waals surface area (Å²) in [5.74, 6) is -1.47. The Morgan fingerprint density at radius 1 is 1.36 bits per heavy atom. The van der Waals surface area contributed by atoms with Crippen molar-refractivity contribution in [3.8, 4) is 0 Å². The van der Waals surface area contributed by atoms with E-state index in [1.54, 1.807) is 13.0 Å². The maximum absolute atomic E-state index is 13.1. The first-order valence-electron chi connectivity index (χ1n) is 8.81. The lowest BCUT2D eigenvalue weighted by Gasteiger charge is -2.43. The van der Waals surface area contributed by atoms with E-state index < -0.39 is 17.4 Å². The first-order chi connectivity index (χ1) is 13.4. The molecule has 0 unspecified atom stereocenters. The molecule has 0 aliphatic carbocycles. The van der Waals surface area contributed by atoms with E-state index in [2.05, 4.69) is 16.9 Å². The predicted molar refractivity (Wildman–Crippen MR) is 101 cm³/mol. The lowest BCUT2D eigenvalue weighted by Crippen LogP contribution is -2.64. The van der Waals surface area contributed by atoms with Gasteiger partial charge >= 0.3 is 5.97 Å². The van der Waals surface area contributed by atoms with Crippen LogP contribution in [0.3, 0.4) is 0 Å². The van der Waals surface area contributed by atoms with Gasteiger partial charge in [-0.25, -0.2) is 9.78 Å². The quantitative estimate of drug-likeness (QED) is 0.602. The third-order valence-electron chi connectivity index (χ3n) is 4.83. The number of esters is 1. The standard InChI is InChI=1S/C20H22N4O4/c1-4-10-24-17(25)16-15(18(26)28-3)22-13-23(16)12-20(24,2)19(27)21-11-14-8-6-5-7-9-14/h4-9,13H,1,10-12H2,2-3H3,(H,21,27)/t20-/m0/s1. The smallest absolute Gasteiger partial charge is 0.359 e. The average molecular weight is 382 g/mol. The van der Waals surface area contributed by atoms with Gasteiger partial charge in [0.05, 0.1) is 20.0 Å². The molecule has 8 heteroatoms. The number of rotatable bonds is 6. The highest BCUT2D eigenvalue weighted by Crippen LogP contribution is 2.29. The minimum Gasteiger partial charge on any atom is -0.464 e. The molecule has 2 heterocycles. The molecule has 0 saturated heterocycles. The number of imidazole rings is 1. The van der Waals surface area contributed by atoms with Crippen LogP contribution >= 0.6 is 0 Å². The zero-order chi connectivity index (χ0) is 20.3. The van der Waals surface area contributed by atoms with E-state index in [-0.39, 0.29) is 30.4 Å². The Bertz CT molecular complexity index is 922. The lowest BCUT2D eigenvalue weighted by molar-refractivity contribution is -0.132. The number of fused-ring (bicyclic) bond motifs is 1. The molecule has 3 rings (SSSR count). The molecule has 2 aromatic rings. The van der Waals surface area contributed by atoms with Crippen molar-refractivity contribution in [3.63, 3.8) is 0 Å². The van der Waals surface area contributed by atoms with Gasteiger partial charge in [-0.2, -0.15) is 0 Å². The van der Waals surface area contributed by atoms with E-state index >= 15 is 0 Å². The molecule has 1 aliphatic rings. The number of hydrogen-bond acceptors (Lipinski definition) is 5. The second kappa shape index (κ2) is 7.67. The third kappa shape index (κ3) is 3.28. The highest BCUT2D eigenvalue weighted by Gasteiger charge is 2.48. The van der Waals surface area contributed by atoms with Gasteiger partial charge in [-0.15, -0.1) is 6.58 Å². The van der Waals surface area contributed by atoms with Crippen molar-refractivity contribution >= 4 is 17.8 Å². The molecule has 0 bridgehead atoms. The molecule has 2 amide bonds. The van der Waals surface area contributed by atoms with Crippen LogP contribution in [0.25, 0.3) is 0 Å². The second-order valence-corrected chi connectivity index (χ2v) is 6.71. The Kier molecular flexibility index (Phi) is 5.30. The molecule has 1 aromatic carbocycles. The van der Waals surface area contributed by atoms with Crippen LogP contribution in [-0.4, -0.2) is 51.4 Å². The number of nitrogens with zero attached hydrogens (tertiary/aromatic N) is 3. The molecule has 1 aromatic heterocycles. The molecule has 146 valence electrons. The molecule has 0 spiro atoms. The van der Waals surface area contributed by atoms with E-state index in [0.29, 0.717) is 6.54 Å². The van der Waals surface area contributed by atoms with Crippen molar-refractivity contribution in [2.24, 2.45) is 0 Å².